The van der Waals surface area contributed by atoms with Gasteiger partial charge in [0.15, 0.2) is 6.29 Å². The van der Waals surface area contributed by atoms with E-state index in [1.54, 1.807) is 0 Å². The second-order valence-electron chi connectivity index (χ2n) is 10.3. The molecule has 0 aliphatic heterocycles. The molecule has 5 N–H and O–H groups in total. The van der Waals surface area contributed by atoms with Crippen LogP contribution in [-0.4, -0.2) is 46.4 Å². The van der Waals surface area contributed by atoms with Crippen LogP contribution in [0.15, 0.2) is 24.3 Å². The van der Waals surface area contributed by atoms with Gasteiger partial charge in [0.1, 0.15) is 0 Å². The van der Waals surface area contributed by atoms with Crippen LogP contribution in [0.1, 0.15) is 107 Å². The zero-order chi connectivity index (χ0) is 26.4. The summed E-state index contributed by atoms with van der Waals surface area (Å²) in [6.45, 7) is 4.47. The van der Waals surface area contributed by atoms with Crippen LogP contribution in [0.2, 0.25) is 0 Å². The molecule has 2 fully saturated rings. The maximum atomic E-state index is 12.9. The number of benzene rings is 2. The Hall–Kier alpha value is -3.26. The van der Waals surface area contributed by atoms with Crippen LogP contribution < -0.4 is 11.1 Å². The highest BCUT2D eigenvalue weighted by Crippen LogP contribution is 2.31. The van der Waals surface area contributed by atoms with Crippen LogP contribution >= 0.6 is 0 Å². The van der Waals surface area contributed by atoms with E-state index in [1.165, 1.54) is 49.9 Å². The highest BCUT2D eigenvalue weighted by Gasteiger charge is 2.25. The average molecular weight is 497 g/mol. The maximum absolute atomic E-state index is 12.9. The van der Waals surface area contributed by atoms with Crippen LogP contribution in [0.25, 0.3) is 10.8 Å². The molecule has 4 rings (SSSR count). The van der Waals surface area contributed by atoms with Crippen molar-refractivity contribution < 1.29 is 29.4 Å². The van der Waals surface area contributed by atoms with Crippen LogP contribution in [-0.2, 0) is 0 Å². The van der Waals surface area contributed by atoms with Gasteiger partial charge in [0.25, 0.3) is 5.91 Å². The first-order chi connectivity index (χ1) is 17.1. The first-order valence-electron chi connectivity index (χ1n) is 12.7. The standard InChI is InChI=1S/C21H21NO6.C7H15N/c1-11-2-5-13(6-3-11)22-19(24)14-8-9-15(20(25)26)17-12(10-23)4-7-16(18(14)17)21(27)28;1-6-2-4-7(8)5-3-6/h4,7-11,13H,2-3,5-6H2,1H3,(H,22,24)(H,25,26)(H,27,28);6-7H,2-5,8H2,1H3. The topological polar surface area (TPSA) is 147 Å². The first kappa shape index (κ1) is 27.3. The van der Waals surface area contributed by atoms with Gasteiger partial charge in [-0.3, -0.25) is 9.59 Å². The average Bonchev–Trinajstić information content (AvgIpc) is 2.85. The number of carbonyl (C=O) groups is 4. The number of nitrogens with one attached hydrogen (secondary N) is 1. The van der Waals surface area contributed by atoms with Crippen molar-refractivity contribution in [3.05, 3.63) is 46.5 Å². The van der Waals surface area contributed by atoms with E-state index >= 15 is 0 Å². The molecule has 0 unspecified atom stereocenters. The third-order valence-electron chi connectivity index (χ3n) is 7.44. The lowest BCUT2D eigenvalue weighted by Crippen LogP contribution is -2.37. The van der Waals surface area contributed by atoms with Gasteiger partial charge in [-0.05, 0) is 81.4 Å². The molecule has 0 spiro atoms. The summed E-state index contributed by atoms with van der Waals surface area (Å²) in [6.07, 6.45) is 9.33. The van der Waals surface area contributed by atoms with Crippen molar-refractivity contribution in [2.45, 2.75) is 77.3 Å². The molecule has 0 aromatic heterocycles. The number of hydrogen-bond donors (Lipinski definition) is 4. The molecule has 36 heavy (non-hydrogen) atoms. The lowest BCUT2D eigenvalue weighted by molar-refractivity contribution is 0.0686. The summed E-state index contributed by atoms with van der Waals surface area (Å²) in [5.41, 5.74) is 5.34. The van der Waals surface area contributed by atoms with Crippen molar-refractivity contribution in [2.75, 3.05) is 0 Å². The van der Waals surface area contributed by atoms with Crippen LogP contribution in [0.4, 0.5) is 0 Å². The molecule has 2 saturated carbocycles. The molecular weight excluding hydrogens is 460 g/mol. The van der Waals surface area contributed by atoms with Crippen molar-refractivity contribution in [3.8, 4) is 0 Å². The number of amides is 1. The molecule has 8 heteroatoms. The Labute approximate surface area is 211 Å². The van der Waals surface area contributed by atoms with Crippen molar-refractivity contribution in [2.24, 2.45) is 17.6 Å². The number of carbonyl (C=O) groups excluding carboxylic acids is 2. The fourth-order valence-electron chi connectivity index (χ4n) is 5.12. The zero-order valence-corrected chi connectivity index (χ0v) is 21.0. The Morgan fingerprint density at radius 3 is 1.75 bits per heavy atom. The number of hydrogen-bond acceptors (Lipinski definition) is 5. The minimum atomic E-state index is -1.30. The van der Waals surface area contributed by atoms with E-state index in [2.05, 4.69) is 19.2 Å². The zero-order valence-electron chi connectivity index (χ0n) is 21.0. The first-order valence-corrected chi connectivity index (χ1v) is 12.7. The molecule has 8 nitrogen and oxygen atoms in total. The molecule has 2 aliphatic carbocycles. The van der Waals surface area contributed by atoms with Gasteiger partial charge in [-0.2, -0.15) is 0 Å². The summed E-state index contributed by atoms with van der Waals surface area (Å²) in [4.78, 5) is 47.7. The highest BCUT2D eigenvalue weighted by atomic mass is 16.4. The Balaban J connectivity index is 0.000000383. The van der Waals surface area contributed by atoms with E-state index in [0.29, 0.717) is 18.2 Å². The predicted molar refractivity (Wildman–Crippen MR) is 138 cm³/mol. The fraction of sp³-hybridized carbons (Fsp3) is 0.500. The molecule has 2 aromatic carbocycles. The van der Waals surface area contributed by atoms with Crippen molar-refractivity contribution >= 4 is 34.9 Å². The van der Waals surface area contributed by atoms with Gasteiger partial charge in [-0.25, -0.2) is 9.59 Å². The van der Waals surface area contributed by atoms with Gasteiger partial charge in [0.05, 0.1) is 11.1 Å². The van der Waals surface area contributed by atoms with Gasteiger partial charge < -0.3 is 21.3 Å². The van der Waals surface area contributed by atoms with Crippen LogP contribution in [0.5, 0.6) is 0 Å². The second kappa shape index (κ2) is 12.1. The van der Waals surface area contributed by atoms with E-state index in [-0.39, 0.29) is 39.1 Å². The minimum absolute atomic E-state index is 0.0135. The van der Waals surface area contributed by atoms with Gasteiger partial charge in [0, 0.05) is 34.0 Å². The van der Waals surface area contributed by atoms with Gasteiger partial charge in [-0.1, -0.05) is 19.9 Å². The number of nitrogens with two attached hydrogens (primary N) is 1. The van der Waals surface area contributed by atoms with Crippen LogP contribution in [0, 0.1) is 11.8 Å². The monoisotopic (exact) mass is 496 g/mol. The molecule has 2 aliphatic rings. The molecule has 0 heterocycles. The number of fused-ring (bicyclic) bond motifs is 1. The fourth-order valence-corrected chi connectivity index (χ4v) is 5.12. The largest absolute Gasteiger partial charge is 0.478 e. The van der Waals surface area contributed by atoms with Crippen molar-refractivity contribution in [3.63, 3.8) is 0 Å². The lowest BCUT2D eigenvalue weighted by atomic mass is 9.87. The highest BCUT2D eigenvalue weighted by molar-refractivity contribution is 6.21. The number of aromatic carboxylic acids is 2. The second-order valence-corrected chi connectivity index (χ2v) is 10.3. The SMILES string of the molecule is CC1CCC(N)CC1.CC1CCC(NC(=O)c2ccc(C(=O)O)c3c(C=O)ccc(C(=O)O)c23)CC1. The smallest absolute Gasteiger partial charge is 0.336 e. The molecule has 0 saturated heterocycles. The van der Waals surface area contributed by atoms with Crippen molar-refractivity contribution in [1.29, 1.82) is 0 Å². The molecule has 194 valence electrons. The third kappa shape index (κ3) is 6.49. The molecular formula is C28H36N2O6. The van der Waals surface area contributed by atoms with E-state index in [1.807, 2.05) is 0 Å². The quantitative estimate of drug-likeness (QED) is 0.431. The maximum Gasteiger partial charge on any atom is 0.336 e. The van der Waals surface area contributed by atoms with E-state index in [4.69, 9.17) is 5.73 Å². The Morgan fingerprint density at radius 2 is 1.25 bits per heavy atom. The minimum Gasteiger partial charge on any atom is -0.478 e. The molecule has 0 atom stereocenters. The molecule has 1 amide bonds. The Morgan fingerprint density at radius 1 is 0.778 bits per heavy atom. The predicted octanol–water partition coefficient (Wildman–Crippen LogP) is 4.88. The van der Waals surface area contributed by atoms with Gasteiger partial charge in [-0.15, -0.1) is 0 Å². The number of carboxylic acids is 2. The van der Waals surface area contributed by atoms with Crippen molar-refractivity contribution in [1.82, 2.24) is 5.32 Å². The summed E-state index contributed by atoms with van der Waals surface area (Å²) in [7, 11) is 0. The summed E-state index contributed by atoms with van der Waals surface area (Å²) in [5.74, 6) is -1.52. The van der Waals surface area contributed by atoms with E-state index in [0.717, 1.165) is 31.6 Å². The number of rotatable bonds is 5. The third-order valence-corrected chi connectivity index (χ3v) is 7.44. The van der Waals surface area contributed by atoms with Crippen LogP contribution in [0.3, 0.4) is 0 Å². The summed E-state index contributed by atoms with van der Waals surface area (Å²) >= 11 is 0. The normalized spacial score (nSPS) is 23.8. The summed E-state index contributed by atoms with van der Waals surface area (Å²) in [6, 6.07) is 5.54. The van der Waals surface area contributed by atoms with E-state index < -0.39 is 17.8 Å². The molecule has 0 bridgehead atoms. The Kier molecular flexibility index (Phi) is 9.20. The van der Waals surface area contributed by atoms with E-state index in [9.17, 15) is 29.4 Å². The Bertz CT molecular complexity index is 1120. The molecule has 2 aromatic rings. The van der Waals surface area contributed by atoms with Gasteiger partial charge >= 0.3 is 11.9 Å². The number of carboxylic acid groups (broad SMARTS) is 2. The molecule has 0 radical (unpaired) electrons. The summed E-state index contributed by atoms with van der Waals surface area (Å²) in [5, 5.41) is 21.9. The number of aldehydes is 1. The lowest BCUT2D eigenvalue weighted by Gasteiger charge is -2.27. The van der Waals surface area contributed by atoms with Gasteiger partial charge in [0.2, 0.25) is 0 Å². The summed E-state index contributed by atoms with van der Waals surface area (Å²) < 4.78 is 0.